The minimum Gasteiger partial charge on any atom is -0.396 e. The summed E-state index contributed by atoms with van der Waals surface area (Å²) in [5, 5.41) is 15.7. The number of fused-ring (bicyclic) bond motifs is 1. The number of nitrogens with zero attached hydrogens (tertiary/aromatic N) is 5. The maximum absolute atomic E-state index is 11.9. The number of nitrogens with one attached hydrogen (secondary N) is 2. The lowest BCUT2D eigenvalue weighted by atomic mass is 10.2. The van der Waals surface area contributed by atoms with Crippen LogP contribution in [0.25, 0.3) is 11.0 Å². The summed E-state index contributed by atoms with van der Waals surface area (Å²) in [7, 11) is -0.777. The van der Waals surface area contributed by atoms with Crippen LogP contribution in [0.2, 0.25) is 0 Å². The Hall–Kier alpha value is -2.85. The Morgan fingerprint density at radius 2 is 1.78 bits per heavy atom. The van der Waals surface area contributed by atoms with Crippen molar-refractivity contribution >= 4 is 39.4 Å². The average Bonchev–Trinajstić information content (AvgIpc) is 2.83. The van der Waals surface area contributed by atoms with Crippen LogP contribution < -0.4 is 15.5 Å². The van der Waals surface area contributed by atoms with E-state index in [0.29, 0.717) is 53.9 Å². The fourth-order valence-electron chi connectivity index (χ4n) is 3.61. The Morgan fingerprint density at radius 3 is 2.56 bits per heavy atom. The molecule has 0 bridgehead atoms. The second-order valence-corrected chi connectivity index (χ2v) is 9.37. The zero-order valence-electron chi connectivity index (χ0n) is 18.0. The second kappa shape index (κ2) is 11.1. The molecule has 0 atom stereocenters. The minimum atomic E-state index is -0.777. The molecule has 32 heavy (non-hydrogen) atoms. The average molecular weight is 456 g/mol. The maximum atomic E-state index is 11.9. The van der Waals surface area contributed by atoms with Crippen molar-refractivity contribution in [2.45, 2.75) is 25.8 Å². The fourth-order valence-corrected chi connectivity index (χ4v) is 4.66. The van der Waals surface area contributed by atoms with Gasteiger partial charge in [-0.1, -0.05) is 30.3 Å². The Morgan fingerprint density at radius 1 is 0.969 bits per heavy atom. The van der Waals surface area contributed by atoms with Gasteiger partial charge in [-0.25, -0.2) is 15.0 Å². The lowest BCUT2D eigenvalue weighted by Gasteiger charge is -2.28. The maximum Gasteiger partial charge on any atom is 0.225 e. The van der Waals surface area contributed by atoms with Crippen molar-refractivity contribution in [1.82, 2.24) is 19.9 Å². The number of anilines is 3. The van der Waals surface area contributed by atoms with Gasteiger partial charge in [0.05, 0.1) is 0 Å². The second-order valence-electron chi connectivity index (χ2n) is 7.68. The van der Waals surface area contributed by atoms with Gasteiger partial charge >= 0.3 is 0 Å². The Balaban J connectivity index is 1.62. The lowest BCUT2D eigenvalue weighted by Crippen LogP contribution is -2.38. The highest BCUT2D eigenvalue weighted by atomic mass is 32.2. The molecular formula is C22H29N7O2S. The summed E-state index contributed by atoms with van der Waals surface area (Å²) in [6, 6.07) is 10.1. The van der Waals surface area contributed by atoms with Crippen molar-refractivity contribution in [3.63, 3.8) is 0 Å². The number of aromatic nitrogens is 4. The largest absolute Gasteiger partial charge is 0.396 e. The standard InChI is InChI=1S/C22H29N7O2S/c30-12-6-2-5-9-23-22-27-18-19(21(28-22)29-10-13-32(31)14-11-29)25-16-26-20(18)24-15-17-7-3-1-4-8-17/h1,3-4,7-8,16,30H,2,5-6,9-15H2,(H,23,27,28)(H,24,25,26). The lowest BCUT2D eigenvalue weighted by molar-refractivity contribution is 0.283. The van der Waals surface area contributed by atoms with E-state index in [4.69, 9.17) is 15.1 Å². The quantitative estimate of drug-likeness (QED) is 0.396. The first-order valence-corrected chi connectivity index (χ1v) is 12.5. The topological polar surface area (TPSA) is 116 Å². The number of aliphatic hydroxyl groups is 1. The number of aliphatic hydroxyl groups excluding tert-OH is 1. The molecule has 3 heterocycles. The van der Waals surface area contributed by atoms with Gasteiger partial charge in [0.1, 0.15) is 17.4 Å². The van der Waals surface area contributed by atoms with E-state index in [9.17, 15) is 4.21 Å². The van der Waals surface area contributed by atoms with E-state index in [1.807, 2.05) is 18.2 Å². The molecule has 170 valence electrons. The summed E-state index contributed by atoms with van der Waals surface area (Å²) < 4.78 is 11.9. The number of rotatable bonds is 10. The third kappa shape index (κ3) is 5.68. The highest BCUT2D eigenvalue weighted by Gasteiger charge is 2.22. The van der Waals surface area contributed by atoms with Gasteiger partial charge in [-0.15, -0.1) is 0 Å². The smallest absolute Gasteiger partial charge is 0.225 e. The molecule has 0 saturated carbocycles. The van der Waals surface area contributed by atoms with Crippen molar-refractivity contribution in [3.8, 4) is 0 Å². The molecular weight excluding hydrogens is 426 g/mol. The zero-order chi connectivity index (χ0) is 22.2. The SMILES string of the molecule is O=S1CCN(c2nc(NCCCCCO)nc3c(NCc4ccccc4)ncnc23)CC1. The number of hydrogen-bond donors (Lipinski definition) is 3. The molecule has 3 N–H and O–H groups in total. The van der Waals surface area contributed by atoms with Crippen molar-refractivity contribution in [1.29, 1.82) is 0 Å². The molecule has 0 amide bonds. The number of hydrogen-bond acceptors (Lipinski definition) is 9. The highest BCUT2D eigenvalue weighted by molar-refractivity contribution is 7.85. The van der Waals surface area contributed by atoms with E-state index in [0.717, 1.165) is 37.2 Å². The normalized spacial score (nSPS) is 14.6. The van der Waals surface area contributed by atoms with E-state index in [-0.39, 0.29) is 6.61 Å². The predicted molar refractivity (Wildman–Crippen MR) is 128 cm³/mol. The molecule has 1 aromatic carbocycles. The van der Waals surface area contributed by atoms with Gasteiger partial charge in [0.15, 0.2) is 11.6 Å². The molecule has 0 spiro atoms. The molecule has 1 aliphatic rings. The van der Waals surface area contributed by atoms with Gasteiger partial charge in [-0.05, 0) is 24.8 Å². The van der Waals surface area contributed by atoms with Crippen molar-refractivity contribution < 1.29 is 9.32 Å². The van der Waals surface area contributed by atoms with Crippen molar-refractivity contribution in [3.05, 3.63) is 42.2 Å². The Kier molecular flexibility index (Phi) is 7.78. The van der Waals surface area contributed by atoms with Gasteiger partial charge < -0.3 is 20.6 Å². The molecule has 4 rings (SSSR count). The third-order valence-electron chi connectivity index (χ3n) is 5.36. The van der Waals surface area contributed by atoms with Crippen molar-refractivity contribution in [2.24, 2.45) is 0 Å². The molecule has 10 heteroatoms. The van der Waals surface area contributed by atoms with E-state index >= 15 is 0 Å². The molecule has 9 nitrogen and oxygen atoms in total. The summed E-state index contributed by atoms with van der Waals surface area (Å²) in [5.41, 5.74) is 2.50. The molecule has 3 aromatic rings. The van der Waals surface area contributed by atoms with Crippen LogP contribution in [0.4, 0.5) is 17.6 Å². The van der Waals surface area contributed by atoms with Crippen LogP contribution in [0, 0.1) is 0 Å². The summed E-state index contributed by atoms with van der Waals surface area (Å²) >= 11 is 0. The highest BCUT2D eigenvalue weighted by Crippen LogP contribution is 2.28. The molecule has 0 radical (unpaired) electrons. The minimum absolute atomic E-state index is 0.209. The molecule has 1 aliphatic heterocycles. The Labute approximate surface area is 190 Å². The van der Waals surface area contributed by atoms with Crippen LogP contribution >= 0.6 is 0 Å². The van der Waals surface area contributed by atoms with E-state index in [2.05, 4.69) is 37.6 Å². The van der Waals surface area contributed by atoms with Crippen LogP contribution in [0.5, 0.6) is 0 Å². The van der Waals surface area contributed by atoms with E-state index in [1.165, 1.54) is 6.33 Å². The first kappa shape index (κ1) is 22.3. The first-order chi connectivity index (χ1) is 15.7. The van der Waals surface area contributed by atoms with E-state index in [1.54, 1.807) is 0 Å². The van der Waals surface area contributed by atoms with Crippen molar-refractivity contribution in [2.75, 3.05) is 53.3 Å². The fraction of sp³-hybridized carbons (Fsp3) is 0.455. The van der Waals surface area contributed by atoms with Gasteiger partial charge in [-0.2, -0.15) is 4.98 Å². The van der Waals surface area contributed by atoms with Crippen LogP contribution in [-0.2, 0) is 17.3 Å². The van der Waals surface area contributed by atoms with Gasteiger partial charge in [0, 0.05) is 55.1 Å². The number of unbranched alkanes of at least 4 members (excludes halogenated alkanes) is 2. The zero-order valence-corrected chi connectivity index (χ0v) is 18.9. The third-order valence-corrected chi connectivity index (χ3v) is 6.64. The summed E-state index contributed by atoms with van der Waals surface area (Å²) in [5.74, 6) is 3.18. The monoisotopic (exact) mass is 455 g/mol. The van der Waals surface area contributed by atoms with E-state index < -0.39 is 10.8 Å². The van der Waals surface area contributed by atoms with Gasteiger partial charge in [-0.3, -0.25) is 4.21 Å². The summed E-state index contributed by atoms with van der Waals surface area (Å²) in [4.78, 5) is 20.6. The molecule has 2 aromatic heterocycles. The molecule has 0 aliphatic carbocycles. The summed E-state index contributed by atoms with van der Waals surface area (Å²) in [6.45, 7) is 2.89. The number of benzene rings is 1. The van der Waals surface area contributed by atoms with Gasteiger partial charge in [0.25, 0.3) is 0 Å². The summed E-state index contributed by atoms with van der Waals surface area (Å²) in [6.07, 6.45) is 4.18. The van der Waals surface area contributed by atoms with Crippen LogP contribution in [-0.4, -0.2) is 67.0 Å². The van der Waals surface area contributed by atoms with Gasteiger partial charge in [0.2, 0.25) is 5.95 Å². The predicted octanol–water partition coefficient (Wildman–Crippen LogP) is 2.18. The Bertz CT molecular complexity index is 1040. The molecule has 1 fully saturated rings. The first-order valence-electron chi connectivity index (χ1n) is 11.0. The van der Waals surface area contributed by atoms with Crippen LogP contribution in [0.15, 0.2) is 36.7 Å². The van der Waals surface area contributed by atoms with Crippen LogP contribution in [0.3, 0.4) is 0 Å². The molecule has 1 saturated heterocycles. The molecule has 0 unspecified atom stereocenters. The van der Waals surface area contributed by atoms with Crippen LogP contribution in [0.1, 0.15) is 24.8 Å².